The molecule has 3 rings (SSSR count). The number of rotatable bonds is 6. The molecule has 0 unspecified atom stereocenters. The van der Waals surface area contributed by atoms with Gasteiger partial charge in [-0.3, -0.25) is 9.59 Å². The van der Waals surface area contributed by atoms with E-state index >= 15 is 0 Å². The molecule has 7 nitrogen and oxygen atoms in total. The van der Waals surface area contributed by atoms with Gasteiger partial charge in [0.15, 0.2) is 6.61 Å². The number of carbonyl (C=O) groups excluding carboxylic acids is 2. The lowest BCUT2D eigenvalue weighted by atomic mass is 10.2. The van der Waals surface area contributed by atoms with E-state index in [0.717, 1.165) is 24.5 Å². The monoisotopic (exact) mass is 383 g/mol. The van der Waals surface area contributed by atoms with Gasteiger partial charge in [-0.15, -0.1) is 0 Å². The van der Waals surface area contributed by atoms with Gasteiger partial charge in [-0.25, -0.2) is 0 Å². The molecular weight excluding hydrogens is 358 g/mol. The molecule has 2 aromatic rings. The van der Waals surface area contributed by atoms with Gasteiger partial charge in [0, 0.05) is 38.9 Å². The smallest absolute Gasteiger partial charge is 0.260 e. The van der Waals surface area contributed by atoms with E-state index in [1.54, 1.807) is 43.3 Å². The Labute approximate surface area is 164 Å². The molecule has 7 heteroatoms. The number of nitrogens with one attached hydrogen (secondary N) is 1. The topological polar surface area (TPSA) is 71.1 Å². The molecule has 0 radical (unpaired) electrons. The molecular formula is C21H25N3O4. The first-order valence-electron chi connectivity index (χ1n) is 9.23. The summed E-state index contributed by atoms with van der Waals surface area (Å²) >= 11 is 0. The van der Waals surface area contributed by atoms with Gasteiger partial charge in [0.05, 0.1) is 12.7 Å². The Morgan fingerprint density at radius 2 is 1.68 bits per heavy atom. The van der Waals surface area contributed by atoms with Crippen LogP contribution in [-0.2, 0) is 4.79 Å². The van der Waals surface area contributed by atoms with Crippen LogP contribution < -0.4 is 19.7 Å². The Morgan fingerprint density at radius 1 is 1.00 bits per heavy atom. The molecule has 0 bridgehead atoms. The van der Waals surface area contributed by atoms with Gasteiger partial charge in [0.2, 0.25) is 0 Å². The van der Waals surface area contributed by atoms with Gasteiger partial charge in [-0.1, -0.05) is 12.1 Å². The van der Waals surface area contributed by atoms with Crippen LogP contribution in [0.4, 0.5) is 5.69 Å². The van der Waals surface area contributed by atoms with Crippen LogP contribution in [0.2, 0.25) is 0 Å². The number of para-hydroxylation sites is 1. The zero-order chi connectivity index (χ0) is 19.9. The lowest BCUT2D eigenvalue weighted by molar-refractivity contribution is -0.133. The maximum absolute atomic E-state index is 12.5. The van der Waals surface area contributed by atoms with Gasteiger partial charge in [-0.2, -0.15) is 0 Å². The number of hydrogen-bond acceptors (Lipinski definition) is 5. The number of anilines is 1. The van der Waals surface area contributed by atoms with Crippen molar-refractivity contribution in [2.45, 2.75) is 0 Å². The van der Waals surface area contributed by atoms with Gasteiger partial charge in [0.25, 0.3) is 11.8 Å². The lowest BCUT2D eigenvalue weighted by Crippen LogP contribution is -2.50. The van der Waals surface area contributed by atoms with Crippen molar-refractivity contribution in [1.29, 1.82) is 0 Å². The van der Waals surface area contributed by atoms with E-state index in [1.807, 2.05) is 24.3 Å². The van der Waals surface area contributed by atoms with Crippen molar-refractivity contribution in [2.75, 3.05) is 51.8 Å². The zero-order valence-electron chi connectivity index (χ0n) is 16.2. The predicted octanol–water partition coefficient (Wildman–Crippen LogP) is 1.78. The summed E-state index contributed by atoms with van der Waals surface area (Å²) in [4.78, 5) is 28.4. The van der Waals surface area contributed by atoms with Crippen LogP contribution in [-0.4, -0.2) is 63.7 Å². The minimum Gasteiger partial charge on any atom is -0.497 e. The van der Waals surface area contributed by atoms with Crippen molar-refractivity contribution in [3.8, 4) is 11.5 Å². The highest BCUT2D eigenvalue weighted by Gasteiger charge is 2.22. The number of piperazine rings is 1. The summed E-state index contributed by atoms with van der Waals surface area (Å²) in [6.07, 6.45) is 0. The minimum absolute atomic E-state index is 0.0823. The van der Waals surface area contributed by atoms with Crippen LogP contribution in [0.3, 0.4) is 0 Å². The van der Waals surface area contributed by atoms with Gasteiger partial charge < -0.3 is 24.6 Å². The average molecular weight is 383 g/mol. The summed E-state index contributed by atoms with van der Waals surface area (Å²) in [6.45, 7) is 2.69. The molecule has 1 fully saturated rings. The van der Waals surface area contributed by atoms with E-state index in [1.165, 1.54) is 0 Å². The fraction of sp³-hybridized carbons (Fsp3) is 0.333. The highest BCUT2D eigenvalue weighted by molar-refractivity contribution is 5.96. The van der Waals surface area contributed by atoms with Crippen LogP contribution in [0.25, 0.3) is 0 Å². The molecule has 0 saturated carbocycles. The van der Waals surface area contributed by atoms with Crippen LogP contribution >= 0.6 is 0 Å². The Hall–Kier alpha value is -3.22. The van der Waals surface area contributed by atoms with E-state index in [2.05, 4.69) is 10.2 Å². The van der Waals surface area contributed by atoms with E-state index in [4.69, 9.17) is 9.47 Å². The second kappa shape index (κ2) is 9.12. The summed E-state index contributed by atoms with van der Waals surface area (Å²) < 4.78 is 10.8. The molecule has 0 aromatic heterocycles. The van der Waals surface area contributed by atoms with Gasteiger partial charge in [0.1, 0.15) is 11.5 Å². The number of benzene rings is 2. The van der Waals surface area contributed by atoms with Crippen molar-refractivity contribution < 1.29 is 19.1 Å². The van der Waals surface area contributed by atoms with Crippen LogP contribution in [0, 0.1) is 0 Å². The Kier molecular flexibility index (Phi) is 6.37. The van der Waals surface area contributed by atoms with E-state index in [-0.39, 0.29) is 18.4 Å². The molecule has 0 spiro atoms. The number of nitrogens with zero attached hydrogens (tertiary/aromatic N) is 2. The quantitative estimate of drug-likeness (QED) is 0.823. The number of methoxy groups -OCH3 is 1. The summed E-state index contributed by atoms with van der Waals surface area (Å²) in [6, 6.07) is 14.8. The lowest BCUT2D eigenvalue weighted by Gasteiger charge is -2.36. The average Bonchev–Trinajstić information content (AvgIpc) is 2.77. The first kappa shape index (κ1) is 19.5. The molecule has 0 aliphatic carbocycles. The Balaban J connectivity index is 1.52. The molecule has 2 aromatic carbocycles. The Morgan fingerprint density at radius 3 is 2.32 bits per heavy atom. The normalized spacial score (nSPS) is 13.8. The molecule has 1 aliphatic rings. The van der Waals surface area contributed by atoms with Crippen molar-refractivity contribution in [1.82, 2.24) is 10.2 Å². The van der Waals surface area contributed by atoms with Gasteiger partial charge >= 0.3 is 0 Å². The van der Waals surface area contributed by atoms with E-state index < -0.39 is 0 Å². The fourth-order valence-electron chi connectivity index (χ4n) is 3.15. The zero-order valence-corrected chi connectivity index (χ0v) is 16.2. The summed E-state index contributed by atoms with van der Waals surface area (Å²) in [5.41, 5.74) is 1.53. The third-order valence-corrected chi connectivity index (χ3v) is 4.78. The highest BCUT2D eigenvalue weighted by atomic mass is 16.5. The molecule has 0 atom stereocenters. The molecule has 1 aliphatic heterocycles. The first-order chi connectivity index (χ1) is 13.6. The number of ether oxygens (including phenoxy) is 2. The summed E-state index contributed by atoms with van der Waals surface area (Å²) in [5.74, 6) is 0.913. The van der Waals surface area contributed by atoms with Crippen LogP contribution in [0.15, 0.2) is 48.5 Å². The fourth-order valence-corrected chi connectivity index (χ4v) is 3.15. The molecule has 148 valence electrons. The largest absolute Gasteiger partial charge is 0.497 e. The van der Waals surface area contributed by atoms with E-state index in [9.17, 15) is 9.59 Å². The van der Waals surface area contributed by atoms with Crippen molar-refractivity contribution in [2.24, 2.45) is 0 Å². The van der Waals surface area contributed by atoms with Gasteiger partial charge in [-0.05, 0) is 36.4 Å². The highest BCUT2D eigenvalue weighted by Crippen LogP contribution is 2.21. The molecule has 2 amide bonds. The van der Waals surface area contributed by atoms with Crippen LogP contribution in [0.1, 0.15) is 10.4 Å². The number of hydrogen-bond donors (Lipinski definition) is 1. The minimum atomic E-state index is -0.240. The molecule has 1 N–H and O–H groups in total. The van der Waals surface area contributed by atoms with Crippen molar-refractivity contribution >= 4 is 17.5 Å². The second-order valence-corrected chi connectivity index (χ2v) is 6.43. The summed E-state index contributed by atoms with van der Waals surface area (Å²) in [7, 11) is 3.21. The Bertz CT molecular complexity index is 815. The standard InChI is InChI=1S/C21H25N3O4/c1-22-21(26)18-5-3-4-6-19(18)28-15-20(25)24-13-11-23(12-14-24)16-7-9-17(27-2)10-8-16/h3-10H,11-15H2,1-2H3,(H,22,26). The molecule has 1 heterocycles. The SMILES string of the molecule is CNC(=O)c1ccccc1OCC(=O)N1CCN(c2ccc(OC)cc2)CC1. The van der Waals surface area contributed by atoms with Crippen molar-refractivity contribution in [3.05, 3.63) is 54.1 Å². The van der Waals surface area contributed by atoms with E-state index in [0.29, 0.717) is 24.4 Å². The number of carbonyl (C=O) groups is 2. The molecule has 1 saturated heterocycles. The third-order valence-electron chi connectivity index (χ3n) is 4.78. The predicted molar refractivity (Wildman–Crippen MR) is 107 cm³/mol. The van der Waals surface area contributed by atoms with Crippen LogP contribution in [0.5, 0.6) is 11.5 Å². The number of amides is 2. The molecule has 28 heavy (non-hydrogen) atoms. The van der Waals surface area contributed by atoms with Crippen molar-refractivity contribution in [3.63, 3.8) is 0 Å². The third kappa shape index (κ3) is 4.54. The maximum Gasteiger partial charge on any atom is 0.260 e. The summed E-state index contributed by atoms with van der Waals surface area (Å²) in [5, 5.41) is 2.57. The second-order valence-electron chi connectivity index (χ2n) is 6.43. The first-order valence-corrected chi connectivity index (χ1v) is 9.23. The maximum atomic E-state index is 12.5.